The fourth-order valence-corrected chi connectivity index (χ4v) is 4.22. The number of nitrogens with zero attached hydrogens (tertiary/aromatic N) is 6. The minimum atomic E-state index is -0.969. The molecule has 0 aliphatic carbocycles. The van der Waals surface area contributed by atoms with E-state index in [0.717, 1.165) is 17.8 Å². The lowest BCUT2D eigenvalue weighted by Gasteiger charge is -2.29. The van der Waals surface area contributed by atoms with Crippen LogP contribution in [-0.2, 0) is 16.1 Å². The van der Waals surface area contributed by atoms with Gasteiger partial charge in [0.25, 0.3) is 0 Å². The second-order valence-electron chi connectivity index (χ2n) is 8.69. The van der Waals surface area contributed by atoms with Gasteiger partial charge >= 0.3 is 0 Å². The summed E-state index contributed by atoms with van der Waals surface area (Å²) in [5.74, 6) is -1.25. The highest BCUT2D eigenvalue weighted by atomic mass is 16.3. The summed E-state index contributed by atoms with van der Waals surface area (Å²) in [5, 5.41) is 30.8. The number of nitrogens with one attached hydrogen (secondary N) is 1. The lowest BCUT2D eigenvalue weighted by molar-refractivity contribution is -0.140. The maximum Gasteiger partial charge on any atom is 0.243 e. The molecule has 0 spiro atoms. The second-order valence-corrected chi connectivity index (χ2v) is 8.69. The molecule has 1 saturated heterocycles. The predicted octanol–water partition coefficient (Wildman–Crippen LogP) is 2.02. The summed E-state index contributed by atoms with van der Waals surface area (Å²) in [7, 11) is 0. The molecule has 0 radical (unpaired) electrons. The molecule has 11 heteroatoms. The van der Waals surface area contributed by atoms with Gasteiger partial charge in [-0.05, 0) is 35.6 Å². The summed E-state index contributed by atoms with van der Waals surface area (Å²) < 4.78 is 1.87. The van der Waals surface area contributed by atoms with Crippen molar-refractivity contribution in [2.24, 2.45) is 11.0 Å². The number of aromatic nitrogens is 2. The number of hydrogen-bond donors (Lipinski definition) is 3. The van der Waals surface area contributed by atoms with Gasteiger partial charge in [-0.3, -0.25) is 14.3 Å². The third-order valence-electron chi connectivity index (χ3n) is 6.05. The fraction of sp³-hybridized carbons (Fsp3) is 0.522. The second kappa shape index (κ2) is 11.1. The van der Waals surface area contributed by atoms with E-state index in [2.05, 4.69) is 20.4 Å². The number of aliphatic hydroxyl groups is 2. The topological polar surface area (TPSA) is 156 Å². The van der Waals surface area contributed by atoms with E-state index in [4.69, 9.17) is 5.53 Å². The molecule has 4 atom stereocenters. The monoisotopic (exact) mass is 469 g/mol. The Morgan fingerprint density at radius 2 is 2.00 bits per heavy atom. The highest BCUT2D eigenvalue weighted by Gasteiger charge is 2.42. The molecule has 2 aromatic rings. The molecule has 2 amide bonds. The maximum atomic E-state index is 13.1. The first kappa shape index (κ1) is 25.2. The van der Waals surface area contributed by atoms with E-state index < -0.39 is 36.0 Å². The van der Waals surface area contributed by atoms with Crippen molar-refractivity contribution in [3.63, 3.8) is 0 Å². The van der Waals surface area contributed by atoms with Crippen LogP contribution in [0.3, 0.4) is 0 Å². The molecule has 1 aliphatic heterocycles. The molecule has 0 saturated carbocycles. The Kier molecular flexibility index (Phi) is 8.27. The molecule has 2 unspecified atom stereocenters. The van der Waals surface area contributed by atoms with Crippen LogP contribution in [0, 0.1) is 5.92 Å². The van der Waals surface area contributed by atoms with E-state index in [1.807, 2.05) is 41.9 Å². The number of benzene rings is 1. The van der Waals surface area contributed by atoms with Crippen LogP contribution >= 0.6 is 0 Å². The SMILES string of the molecule is CCn1nccc1-c1ccc(C(CO)NC(=O)[C@@H]2C[C@@H](O)CN2C(=O)C(N=[N+]=[N-])C(C)C)cc1. The molecule has 1 aromatic carbocycles. The Hall–Kier alpha value is -3.40. The Bertz CT molecular complexity index is 1050. The third-order valence-corrected chi connectivity index (χ3v) is 6.05. The smallest absolute Gasteiger partial charge is 0.243 e. The number of aliphatic hydroxyl groups excluding tert-OH is 2. The van der Waals surface area contributed by atoms with Gasteiger partial charge in [0.2, 0.25) is 11.8 Å². The number of rotatable bonds is 9. The molecule has 11 nitrogen and oxygen atoms in total. The molecular weight excluding hydrogens is 438 g/mol. The van der Waals surface area contributed by atoms with Crippen LogP contribution in [-0.4, -0.2) is 68.0 Å². The number of amides is 2. The highest BCUT2D eigenvalue weighted by Crippen LogP contribution is 2.25. The number of carbonyl (C=O) groups excluding carboxylic acids is 2. The van der Waals surface area contributed by atoms with Crippen molar-refractivity contribution in [2.45, 2.75) is 58.0 Å². The molecule has 2 heterocycles. The van der Waals surface area contributed by atoms with Gasteiger partial charge in [0.05, 0.1) is 24.4 Å². The Morgan fingerprint density at radius 1 is 1.29 bits per heavy atom. The molecule has 34 heavy (non-hydrogen) atoms. The molecule has 182 valence electrons. The molecule has 3 rings (SSSR count). The minimum absolute atomic E-state index is 0.0231. The fourth-order valence-electron chi connectivity index (χ4n) is 4.22. The molecule has 1 aliphatic rings. The van der Waals surface area contributed by atoms with Crippen LogP contribution in [0.4, 0.5) is 0 Å². The van der Waals surface area contributed by atoms with Gasteiger partial charge in [0.1, 0.15) is 12.1 Å². The van der Waals surface area contributed by atoms with E-state index in [0.29, 0.717) is 5.56 Å². The van der Waals surface area contributed by atoms with Crippen LogP contribution in [0.15, 0.2) is 41.6 Å². The van der Waals surface area contributed by atoms with Crippen molar-refractivity contribution >= 4 is 11.8 Å². The van der Waals surface area contributed by atoms with E-state index >= 15 is 0 Å². The van der Waals surface area contributed by atoms with Gasteiger partial charge in [-0.25, -0.2) is 0 Å². The number of carbonyl (C=O) groups is 2. The van der Waals surface area contributed by atoms with Crippen LogP contribution in [0.25, 0.3) is 21.7 Å². The van der Waals surface area contributed by atoms with Crippen molar-refractivity contribution in [1.29, 1.82) is 0 Å². The zero-order valence-corrected chi connectivity index (χ0v) is 19.6. The zero-order chi connectivity index (χ0) is 24.8. The first-order valence-corrected chi connectivity index (χ1v) is 11.4. The summed E-state index contributed by atoms with van der Waals surface area (Å²) in [5.41, 5.74) is 11.4. The van der Waals surface area contributed by atoms with Crippen molar-refractivity contribution in [3.05, 3.63) is 52.5 Å². The van der Waals surface area contributed by atoms with Crippen LogP contribution < -0.4 is 5.32 Å². The van der Waals surface area contributed by atoms with Crippen molar-refractivity contribution in [2.75, 3.05) is 13.2 Å². The van der Waals surface area contributed by atoms with Gasteiger partial charge in [0, 0.05) is 30.6 Å². The standard InChI is InChI=1S/C23H31N7O4/c1-4-30-19(9-10-25-30)16-7-5-15(6-8-16)18(13-31)26-22(33)20-11-17(32)12-29(20)23(34)21(14(2)3)27-28-24/h5-10,14,17-18,20-21,31-32H,4,11-13H2,1-3H3,(H,26,33)/t17-,18?,20+,21?/m1/s1. The number of aryl methyl sites for hydroxylation is 1. The van der Waals surface area contributed by atoms with Crippen molar-refractivity contribution in [1.82, 2.24) is 20.0 Å². The van der Waals surface area contributed by atoms with Gasteiger partial charge in [-0.1, -0.05) is 43.2 Å². The largest absolute Gasteiger partial charge is 0.394 e. The van der Waals surface area contributed by atoms with Crippen molar-refractivity contribution in [3.8, 4) is 11.3 Å². The zero-order valence-electron chi connectivity index (χ0n) is 19.6. The van der Waals surface area contributed by atoms with E-state index in [9.17, 15) is 19.8 Å². The first-order chi connectivity index (χ1) is 16.3. The van der Waals surface area contributed by atoms with Gasteiger partial charge in [-0.2, -0.15) is 5.10 Å². The quantitative estimate of drug-likeness (QED) is 0.291. The Morgan fingerprint density at radius 3 is 2.59 bits per heavy atom. The Balaban J connectivity index is 1.75. The number of β-amino-alcohol motifs (C(OH)–C–C–N with tert-alkyl or cyclic N) is 1. The van der Waals surface area contributed by atoms with Crippen LogP contribution in [0.5, 0.6) is 0 Å². The molecule has 3 N–H and O–H groups in total. The first-order valence-electron chi connectivity index (χ1n) is 11.4. The third kappa shape index (κ3) is 5.39. The highest BCUT2D eigenvalue weighted by molar-refractivity contribution is 5.91. The van der Waals surface area contributed by atoms with Crippen LogP contribution in [0.1, 0.15) is 38.8 Å². The van der Waals surface area contributed by atoms with E-state index in [1.54, 1.807) is 20.0 Å². The average Bonchev–Trinajstić information content (AvgIpc) is 3.47. The average molecular weight is 470 g/mol. The summed E-state index contributed by atoms with van der Waals surface area (Å²) in [4.78, 5) is 30.1. The lowest BCUT2D eigenvalue weighted by Crippen LogP contribution is -2.50. The summed E-state index contributed by atoms with van der Waals surface area (Å²) in [6, 6.07) is 6.78. The summed E-state index contributed by atoms with van der Waals surface area (Å²) in [6.45, 7) is 5.88. The molecule has 1 fully saturated rings. The van der Waals surface area contributed by atoms with E-state index in [-0.39, 0.29) is 25.5 Å². The summed E-state index contributed by atoms with van der Waals surface area (Å²) in [6.07, 6.45) is 0.934. The predicted molar refractivity (Wildman–Crippen MR) is 125 cm³/mol. The normalized spacial score (nSPS) is 19.5. The lowest BCUT2D eigenvalue weighted by atomic mass is 10.0. The summed E-state index contributed by atoms with van der Waals surface area (Å²) >= 11 is 0. The molecule has 0 bridgehead atoms. The molecular formula is C23H31N7O4. The van der Waals surface area contributed by atoms with Crippen LogP contribution in [0.2, 0.25) is 0 Å². The van der Waals surface area contributed by atoms with Gasteiger partial charge < -0.3 is 20.4 Å². The number of likely N-dealkylation sites (tertiary alicyclic amines) is 1. The number of hydrogen-bond acceptors (Lipinski definition) is 6. The van der Waals surface area contributed by atoms with Gasteiger partial charge in [-0.15, -0.1) is 0 Å². The maximum absolute atomic E-state index is 13.1. The number of azide groups is 1. The van der Waals surface area contributed by atoms with Gasteiger partial charge in [0.15, 0.2) is 0 Å². The Labute approximate surface area is 198 Å². The molecule has 1 aromatic heterocycles. The minimum Gasteiger partial charge on any atom is -0.394 e. The van der Waals surface area contributed by atoms with E-state index in [1.165, 1.54) is 4.90 Å². The van der Waals surface area contributed by atoms with Crippen molar-refractivity contribution < 1.29 is 19.8 Å².